The highest BCUT2D eigenvalue weighted by molar-refractivity contribution is 5.85. The molecule has 2 aliphatic rings. The minimum atomic E-state index is -0.609. The molecule has 22 heavy (non-hydrogen) atoms. The SMILES string of the molecule is C=CC(C)CCC1C(C)(O)CCC2C(C)(C)C(=O)CCC12C. The van der Waals surface area contributed by atoms with Gasteiger partial charge in [0.15, 0.2) is 0 Å². The highest BCUT2D eigenvalue weighted by atomic mass is 16.3. The Bertz CT molecular complexity index is 449. The molecule has 2 nitrogen and oxygen atoms in total. The summed E-state index contributed by atoms with van der Waals surface area (Å²) in [6.45, 7) is 14.7. The fraction of sp³-hybridized carbons (Fsp3) is 0.850. The minimum absolute atomic E-state index is 0.0695. The Morgan fingerprint density at radius 1 is 1.32 bits per heavy atom. The molecule has 0 saturated heterocycles. The van der Waals surface area contributed by atoms with Crippen molar-refractivity contribution < 1.29 is 9.90 Å². The molecule has 0 aliphatic heterocycles. The lowest BCUT2D eigenvalue weighted by molar-refractivity contribution is -0.178. The van der Waals surface area contributed by atoms with Crippen LogP contribution in [0.2, 0.25) is 0 Å². The summed E-state index contributed by atoms with van der Waals surface area (Å²) in [7, 11) is 0. The molecular weight excluding hydrogens is 272 g/mol. The molecule has 0 spiro atoms. The summed E-state index contributed by atoms with van der Waals surface area (Å²) < 4.78 is 0. The van der Waals surface area contributed by atoms with Gasteiger partial charge in [-0.2, -0.15) is 0 Å². The van der Waals surface area contributed by atoms with Crippen LogP contribution in [0.5, 0.6) is 0 Å². The van der Waals surface area contributed by atoms with Crippen molar-refractivity contribution in [2.75, 3.05) is 0 Å². The van der Waals surface area contributed by atoms with Crippen LogP contribution in [-0.4, -0.2) is 16.5 Å². The van der Waals surface area contributed by atoms with Crippen LogP contribution in [-0.2, 0) is 4.79 Å². The average Bonchev–Trinajstić information content (AvgIpc) is 2.41. The monoisotopic (exact) mass is 306 g/mol. The molecule has 5 unspecified atom stereocenters. The molecule has 0 radical (unpaired) electrons. The Labute approximate surface area is 136 Å². The summed E-state index contributed by atoms with van der Waals surface area (Å²) >= 11 is 0. The molecule has 0 aromatic rings. The number of Topliss-reactive ketones (excluding diaryl/α,β-unsaturated/α-hetero) is 1. The van der Waals surface area contributed by atoms with Crippen LogP contribution in [0.25, 0.3) is 0 Å². The Kier molecular flexibility index (Phi) is 4.65. The van der Waals surface area contributed by atoms with Gasteiger partial charge in [-0.25, -0.2) is 0 Å². The Morgan fingerprint density at radius 3 is 2.55 bits per heavy atom. The quantitative estimate of drug-likeness (QED) is 0.760. The van der Waals surface area contributed by atoms with E-state index in [0.717, 1.165) is 32.1 Å². The van der Waals surface area contributed by atoms with Gasteiger partial charge in [-0.1, -0.05) is 33.8 Å². The predicted molar refractivity (Wildman–Crippen MR) is 91.6 cm³/mol. The first-order chi connectivity index (χ1) is 10.1. The highest BCUT2D eigenvalue weighted by Gasteiger charge is 2.59. The van der Waals surface area contributed by atoms with Crippen molar-refractivity contribution in [2.45, 2.75) is 78.7 Å². The average molecular weight is 306 g/mol. The molecule has 0 bridgehead atoms. The molecule has 2 saturated carbocycles. The number of carbonyl (C=O) groups is 1. The molecule has 0 amide bonds. The van der Waals surface area contributed by atoms with Crippen LogP contribution in [0, 0.1) is 28.6 Å². The molecule has 2 rings (SSSR count). The van der Waals surface area contributed by atoms with Crippen LogP contribution < -0.4 is 0 Å². The number of aliphatic hydroxyl groups is 1. The van der Waals surface area contributed by atoms with Gasteiger partial charge >= 0.3 is 0 Å². The second-order valence-corrected chi connectivity index (χ2v) is 8.94. The molecule has 0 aromatic heterocycles. The van der Waals surface area contributed by atoms with Crippen molar-refractivity contribution in [3.8, 4) is 0 Å². The van der Waals surface area contributed by atoms with Crippen LogP contribution in [0.3, 0.4) is 0 Å². The van der Waals surface area contributed by atoms with E-state index in [1.54, 1.807) is 0 Å². The zero-order chi connectivity index (χ0) is 16.8. The summed E-state index contributed by atoms with van der Waals surface area (Å²) in [4.78, 5) is 12.4. The van der Waals surface area contributed by atoms with Gasteiger partial charge in [0.25, 0.3) is 0 Å². The number of hydrogen-bond donors (Lipinski definition) is 1. The first kappa shape index (κ1) is 17.7. The van der Waals surface area contributed by atoms with Gasteiger partial charge in [0.2, 0.25) is 0 Å². The lowest BCUT2D eigenvalue weighted by Crippen LogP contribution is -2.59. The van der Waals surface area contributed by atoms with E-state index < -0.39 is 5.60 Å². The number of carbonyl (C=O) groups excluding carboxylic acids is 1. The number of fused-ring (bicyclic) bond motifs is 1. The van der Waals surface area contributed by atoms with Crippen molar-refractivity contribution in [2.24, 2.45) is 28.6 Å². The molecule has 126 valence electrons. The van der Waals surface area contributed by atoms with E-state index >= 15 is 0 Å². The van der Waals surface area contributed by atoms with Crippen molar-refractivity contribution in [1.82, 2.24) is 0 Å². The Hall–Kier alpha value is -0.630. The van der Waals surface area contributed by atoms with Gasteiger partial charge < -0.3 is 5.11 Å². The lowest BCUT2D eigenvalue weighted by Gasteiger charge is -2.60. The first-order valence-corrected chi connectivity index (χ1v) is 8.94. The zero-order valence-corrected chi connectivity index (χ0v) is 15.1. The van der Waals surface area contributed by atoms with E-state index in [9.17, 15) is 9.90 Å². The van der Waals surface area contributed by atoms with Gasteiger partial charge in [-0.15, -0.1) is 6.58 Å². The summed E-state index contributed by atoms with van der Waals surface area (Å²) in [5.41, 5.74) is -0.783. The van der Waals surface area contributed by atoms with E-state index in [1.165, 1.54) is 0 Å². The van der Waals surface area contributed by atoms with E-state index in [0.29, 0.717) is 24.0 Å². The van der Waals surface area contributed by atoms with E-state index in [2.05, 4.69) is 34.3 Å². The molecule has 0 heterocycles. The molecular formula is C20H34O2. The summed E-state index contributed by atoms with van der Waals surface area (Å²) in [5.74, 6) is 1.56. The second kappa shape index (κ2) is 5.78. The smallest absolute Gasteiger partial charge is 0.138 e. The predicted octanol–water partition coefficient (Wildman–Crippen LogP) is 4.76. The normalized spacial score (nSPS) is 42.5. The molecule has 2 aliphatic carbocycles. The van der Waals surface area contributed by atoms with Gasteiger partial charge in [-0.05, 0) is 62.2 Å². The molecule has 0 aromatic carbocycles. The van der Waals surface area contributed by atoms with Crippen molar-refractivity contribution in [1.29, 1.82) is 0 Å². The second-order valence-electron chi connectivity index (χ2n) is 8.94. The van der Waals surface area contributed by atoms with Gasteiger partial charge in [0.1, 0.15) is 5.78 Å². The molecule has 5 atom stereocenters. The minimum Gasteiger partial charge on any atom is -0.390 e. The summed E-state index contributed by atoms with van der Waals surface area (Å²) in [5, 5.41) is 11.0. The topological polar surface area (TPSA) is 37.3 Å². The van der Waals surface area contributed by atoms with E-state index in [4.69, 9.17) is 0 Å². The lowest BCUT2D eigenvalue weighted by atomic mass is 9.45. The zero-order valence-electron chi connectivity index (χ0n) is 15.1. The van der Waals surface area contributed by atoms with Gasteiger partial charge in [-0.3, -0.25) is 4.79 Å². The fourth-order valence-corrected chi connectivity index (χ4v) is 5.51. The largest absolute Gasteiger partial charge is 0.390 e. The number of ketones is 1. The Balaban J connectivity index is 2.31. The highest BCUT2D eigenvalue weighted by Crippen LogP contribution is 2.62. The number of hydrogen-bond acceptors (Lipinski definition) is 2. The third-order valence-corrected chi connectivity index (χ3v) is 7.08. The third-order valence-electron chi connectivity index (χ3n) is 7.08. The van der Waals surface area contributed by atoms with Crippen LogP contribution in [0.1, 0.15) is 73.1 Å². The standard InChI is InChI=1S/C20H34O2/c1-7-14(2)8-9-16-19(5)12-11-17(21)18(3,4)15(19)10-13-20(16,6)22/h7,14-16,22H,1,8-13H2,2-6H3. The summed E-state index contributed by atoms with van der Waals surface area (Å²) in [6, 6.07) is 0. The summed E-state index contributed by atoms with van der Waals surface area (Å²) in [6.07, 6.45) is 7.49. The maximum Gasteiger partial charge on any atom is 0.138 e. The van der Waals surface area contributed by atoms with Crippen molar-refractivity contribution >= 4 is 5.78 Å². The maximum absolute atomic E-state index is 12.4. The molecule has 1 N–H and O–H groups in total. The molecule has 2 heteroatoms. The maximum atomic E-state index is 12.4. The van der Waals surface area contributed by atoms with Crippen LogP contribution >= 0.6 is 0 Å². The number of rotatable bonds is 4. The molecule has 2 fully saturated rings. The van der Waals surface area contributed by atoms with E-state index in [-0.39, 0.29) is 16.7 Å². The van der Waals surface area contributed by atoms with E-state index in [1.807, 2.05) is 13.0 Å². The van der Waals surface area contributed by atoms with Crippen molar-refractivity contribution in [3.63, 3.8) is 0 Å². The third kappa shape index (κ3) is 2.79. The fourth-order valence-electron chi connectivity index (χ4n) is 5.51. The van der Waals surface area contributed by atoms with Crippen LogP contribution in [0.4, 0.5) is 0 Å². The number of allylic oxidation sites excluding steroid dienone is 1. The van der Waals surface area contributed by atoms with Gasteiger partial charge in [0.05, 0.1) is 5.60 Å². The van der Waals surface area contributed by atoms with Crippen molar-refractivity contribution in [3.05, 3.63) is 12.7 Å². The Morgan fingerprint density at radius 2 is 1.95 bits per heavy atom. The van der Waals surface area contributed by atoms with Crippen LogP contribution in [0.15, 0.2) is 12.7 Å². The first-order valence-electron chi connectivity index (χ1n) is 8.94. The van der Waals surface area contributed by atoms with Gasteiger partial charge in [0, 0.05) is 11.8 Å².